The third kappa shape index (κ3) is 36.7. The normalized spacial score (nSPS) is 21.2. The Balaban J connectivity index is 2.29. The van der Waals surface area contributed by atoms with Gasteiger partial charge in [0.1, 0.15) is 42.7 Å². The number of phosphoric acid groups is 1. The largest absolute Gasteiger partial charge is 0.472 e. The van der Waals surface area contributed by atoms with Crippen molar-refractivity contribution < 1.29 is 58.3 Å². The Bertz CT molecular complexity index is 1220. The molecule has 1 aliphatic carbocycles. The van der Waals surface area contributed by atoms with Gasteiger partial charge in [0, 0.05) is 13.0 Å². The Morgan fingerprint density at radius 3 is 1.24 bits per heavy atom. The summed E-state index contributed by atoms with van der Waals surface area (Å²) in [6.07, 6.45) is 42.4. The highest BCUT2D eigenvalue weighted by Gasteiger charge is 2.51. The summed E-state index contributed by atoms with van der Waals surface area (Å²) in [5.74, 6) is -0.476. The van der Waals surface area contributed by atoms with E-state index in [1.165, 1.54) is 180 Å². The monoisotopic (exact) mass is 989 g/mol. The highest BCUT2D eigenvalue weighted by atomic mass is 31.2. The second-order valence-electron chi connectivity index (χ2n) is 19.8. The number of ether oxygens (including phenoxy) is 2. The Kier molecular flexibility index (Phi) is 43.5. The SMILES string of the molecule is CCCCCCC/C=C\C/C=C\CCCCCCCCCCCC(=O)OC(COCCCCCCCCCCCCCCCCCCCCCC)COP(=O)(O)OC1C(O)C(O)C(O)C(O)C1O. The van der Waals surface area contributed by atoms with Gasteiger partial charge in [-0.2, -0.15) is 0 Å². The van der Waals surface area contributed by atoms with Crippen LogP contribution in [0.4, 0.5) is 0 Å². The molecule has 0 aromatic rings. The van der Waals surface area contributed by atoms with Crippen LogP contribution in [-0.4, -0.2) is 98.9 Å². The zero-order valence-corrected chi connectivity index (χ0v) is 44.3. The van der Waals surface area contributed by atoms with E-state index in [9.17, 15) is 39.8 Å². The van der Waals surface area contributed by atoms with Gasteiger partial charge in [-0.25, -0.2) is 4.57 Å². The van der Waals surface area contributed by atoms with Crippen molar-refractivity contribution in [3.05, 3.63) is 24.3 Å². The Morgan fingerprint density at radius 2 is 0.824 bits per heavy atom. The summed E-state index contributed by atoms with van der Waals surface area (Å²) in [7, 11) is -5.02. The van der Waals surface area contributed by atoms with E-state index in [1.54, 1.807) is 0 Å². The molecule has 1 aliphatic rings. The minimum Gasteiger partial charge on any atom is -0.457 e. The van der Waals surface area contributed by atoms with Crippen LogP contribution in [0.2, 0.25) is 0 Å². The zero-order chi connectivity index (χ0) is 49.8. The predicted octanol–water partition coefficient (Wildman–Crippen LogP) is 13.2. The molecule has 12 nitrogen and oxygen atoms in total. The van der Waals surface area contributed by atoms with E-state index < -0.39 is 63.1 Å². The lowest BCUT2D eigenvalue weighted by atomic mass is 9.85. The second kappa shape index (κ2) is 45.7. The van der Waals surface area contributed by atoms with Crippen molar-refractivity contribution in [2.45, 2.75) is 301 Å². The molecule has 0 amide bonds. The van der Waals surface area contributed by atoms with Crippen molar-refractivity contribution in [3.8, 4) is 0 Å². The van der Waals surface area contributed by atoms with E-state index >= 15 is 0 Å². The maximum absolute atomic E-state index is 12.9. The second-order valence-corrected chi connectivity index (χ2v) is 21.2. The van der Waals surface area contributed by atoms with Crippen LogP contribution < -0.4 is 0 Å². The summed E-state index contributed by atoms with van der Waals surface area (Å²) >= 11 is 0. The van der Waals surface area contributed by atoms with Crippen LogP contribution >= 0.6 is 7.82 Å². The molecule has 0 saturated heterocycles. The first kappa shape index (κ1) is 64.8. The third-order valence-electron chi connectivity index (χ3n) is 13.3. The molecule has 0 bridgehead atoms. The van der Waals surface area contributed by atoms with Crippen LogP contribution in [0, 0.1) is 0 Å². The lowest BCUT2D eigenvalue weighted by Crippen LogP contribution is -2.64. The third-order valence-corrected chi connectivity index (χ3v) is 14.3. The van der Waals surface area contributed by atoms with Gasteiger partial charge in [0.05, 0.1) is 13.2 Å². The summed E-state index contributed by atoms with van der Waals surface area (Å²) in [4.78, 5) is 23.3. The topological polar surface area (TPSA) is 192 Å². The van der Waals surface area contributed by atoms with Gasteiger partial charge in [-0.1, -0.05) is 231 Å². The summed E-state index contributed by atoms with van der Waals surface area (Å²) in [5.41, 5.74) is 0. The standard InChI is InChI=1S/C55H105O12P/c1-3-5-7-9-11-13-15-17-19-21-23-25-26-28-30-32-34-36-38-40-42-44-49(56)66-48(47-65-68(62,63)67-55-53(60)51(58)50(57)52(59)54(55)61)46-64-45-43-41-39-37-35-33-31-29-27-24-22-20-18-16-14-12-10-8-6-4-2/h15,17,21,23,48,50-55,57-61H,3-14,16,18-20,22,24-47H2,1-2H3,(H,62,63)/b17-15-,23-21-. The maximum Gasteiger partial charge on any atom is 0.472 e. The van der Waals surface area contributed by atoms with Gasteiger partial charge in [-0.05, 0) is 44.9 Å². The number of allylic oxidation sites excluding steroid dienone is 4. The molecule has 13 heteroatoms. The van der Waals surface area contributed by atoms with Crippen molar-refractivity contribution in [1.29, 1.82) is 0 Å². The van der Waals surface area contributed by atoms with E-state index in [2.05, 4.69) is 38.2 Å². The maximum atomic E-state index is 12.9. The molecule has 0 aliphatic heterocycles. The number of esters is 1. The average Bonchev–Trinajstić information content (AvgIpc) is 3.32. The predicted molar refractivity (Wildman–Crippen MR) is 276 cm³/mol. The van der Waals surface area contributed by atoms with Crippen LogP contribution in [0.1, 0.15) is 258 Å². The summed E-state index contributed by atoms with van der Waals surface area (Å²) in [6.45, 7) is 4.30. The number of carbonyl (C=O) groups excluding carboxylic acids is 1. The van der Waals surface area contributed by atoms with E-state index in [0.29, 0.717) is 13.0 Å². The van der Waals surface area contributed by atoms with E-state index in [-0.39, 0.29) is 13.0 Å². The highest BCUT2D eigenvalue weighted by Crippen LogP contribution is 2.47. The molecule has 402 valence electrons. The number of aliphatic hydroxyl groups excluding tert-OH is 5. The van der Waals surface area contributed by atoms with E-state index in [1.807, 2.05) is 0 Å². The number of hydrogen-bond donors (Lipinski definition) is 6. The number of carbonyl (C=O) groups is 1. The van der Waals surface area contributed by atoms with Crippen molar-refractivity contribution in [3.63, 3.8) is 0 Å². The average molecular weight is 989 g/mol. The van der Waals surface area contributed by atoms with Gasteiger partial charge in [-0.3, -0.25) is 13.8 Å². The number of aliphatic hydroxyl groups is 5. The quantitative estimate of drug-likeness (QED) is 0.0146. The van der Waals surface area contributed by atoms with Crippen molar-refractivity contribution >= 4 is 13.8 Å². The fourth-order valence-electron chi connectivity index (χ4n) is 8.86. The van der Waals surface area contributed by atoms with Crippen LogP contribution in [0.5, 0.6) is 0 Å². The van der Waals surface area contributed by atoms with Gasteiger partial charge in [0.2, 0.25) is 0 Å². The molecule has 68 heavy (non-hydrogen) atoms. The van der Waals surface area contributed by atoms with Gasteiger partial charge in [0.15, 0.2) is 0 Å². The number of phosphoric ester groups is 1. The van der Waals surface area contributed by atoms with Crippen molar-refractivity contribution in [2.24, 2.45) is 0 Å². The first-order valence-electron chi connectivity index (χ1n) is 28.2. The van der Waals surface area contributed by atoms with Gasteiger partial charge in [-0.15, -0.1) is 0 Å². The molecule has 0 spiro atoms. The molecule has 0 aromatic heterocycles. The molecule has 0 aromatic carbocycles. The Hall–Kier alpha value is -1.18. The zero-order valence-electron chi connectivity index (χ0n) is 43.4. The minimum absolute atomic E-state index is 0.0733. The smallest absolute Gasteiger partial charge is 0.457 e. The number of unbranched alkanes of at least 4 members (excludes halogenated alkanes) is 33. The first-order valence-corrected chi connectivity index (χ1v) is 29.7. The molecule has 0 heterocycles. The van der Waals surface area contributed by atoms with Crippen molar-refractivity contribution in [1.82, 2.24) is 0 Å². The molecular formula is C55H105O12P. The van der Waals surface area contributed by atoms with Gasteiger partial charge >= 0.3 is 13.8 Å². The van der Waals surface area contributed by atoms with Crippen LogP contribution in [-0.2, 0) is 27.9 Å². The Morgan fingerprint density at radius 1 is 0.471 bits per heavy atom. The molecule has 6 unspecified atom stereocenters. The van der Waals surface area contributed by atoms with Gasteiger partial charge in [0.25, 0.3) is 0 Å². The molecule has 6 atom stereocenters. The fraction of sp³-hybridized carbons (Fsp3) is 0.909. The number of hydrogen-bond acceptors (Lipinski definition) is 11. The lowest BCUT2D eigenvalue weighted by molar-refractivity contribution is -0.220. The summed E-state index contributed by atoms with van der Waals surface area (Å²) in [5, 5.41) is 50.4. The summed E-state index contributed by atoms with van der Waals surface area (Å²) < 4.78 is 34.4. The molecule has 1 rings (SSSR count). The van der Waals surface area contributed by atoms with Crippen molar-refractivity contribution in [2.75, 3.05) is 19.8 Å². The number of rotatable bonds is 49. The minimum atomic E-state index is -5.02. The molecule has 1 saturated carbocycles. The molecule has 0 radical (unpaired) electrons. The van der Waals surface area contributed by atoms with E-state index in [4.69, 9.17) is 18.5 Å². The molecular weight excluding hydrogens is 884 g/mol. The fourth-order valence-corrected chi connectivity index (χ4v) is 9.83. The van der Waals surface area contributed by atoms with E-state index in [0.717, 1.165) is 51.4 Å². The lowest BCUT2D eigenvalue weighted by Gasteiger charge is -2.41. The molecule has 1 fully saturated rings. The summed E-state index contributed by atoms with van der Waals surface area (Å²) in [6, 6.07) is 0. The molecule has 6 N–H and O–H groups in total. The van der Waals surface area contributed by atoms with Crippen LogP contribution in [0.15, 0.2) is 24.3 Å². The first-order chi connectivity index (χ1) is 33.0. The Labute approximate surface area is 415 Å². The van der Waals surface area contributed by atoms with Gasteiger partial charge < -0.3 is 39.9 Å². The van der Waals surface area contributed by atoms with Crippen LogP contribution in [0.3, 0.4) is 0 Å². The van der Waals surface area contributed by atoms with Crippen LogP contribution in [0.25, 0.3) is 0 Å². The highest BCUT2D eigenvalue weighted by molar-refractivity contribution is 7.47.